The van der Waals surface area contributed by atoms with E-state index in [0.29, 0.717) is 0 Å². The number of hydrogen-bond donors (Lipinski definition) is 1. The fourth-order valence-corrected chi connectivity index (χ4v) is 1.59. The maximum atomic E-state index is 13.9. The molecule has 0 saturated carbocycles. The van der Waals surface area contributed by atoms with Gasteiger partial charge in [-0.3, -0.25) is 0 Å². The Morgan fingerprint density at radius 3 is 2.65 bits per heavy atom. The summed E-state index contributed by atoms with van der Waals surface area (Å²) in [6.07, 6.45) is 4.05. The van der Waals surface area contributed by atoms with Crippen molar-refractivity contribution in [3.8, 4) is 5.95 Å². The van der Waals surface area contributed by atoms with Gasteiger partial charge in [0.2, 0.25) is 5.95 Å². The average molecular weight is 280 g/mol. The lowest BCUT2D eigenvalue weighted by Gasteiger charge is -2.11. The molecular weight excluding hydrogens is 270 g/mol. The van der Waals surface area contributed by atoms with Gasteiger partial charge in [-0.1, -0.05) is 6.08 Å². The smallest absolute Gasteiger partial charge is 0.339 e. The lowest BCUT2D eigenvalue weighted by Crippen LogP contribution is -2.17. The normalized spacial score (nSPS) is 11.3. The number of hydrogen-bond acceptors (Lipinski definition) is 4. The summed E-state index contributed by atoms with van der Waals surface area (Å²) in [6, 6.07) is 1.54. The van der Waals surface area contributed by atoms with Crippen molar-refractivity contribution in [1.29, 1.82) is 0 Å². The van der Waals surface area contributed by atoms with Crippen molar-refractivity contribution in [3.05, 3.63) is 48.6 Å². The molecule has 2 heterocycles. The van der Waals surface area contributed by atoms with Crippen LogP contribution in [0, 0.1) is 0 Å². The molecule has 0 radical (unpaired) electrons. The number of alkyl halides is 2. The van der Waals surface area contributed by atoms with E-state index in [2.05, 4.69) is 21.6 Å². The molecule has 8 heteroatoms. The minimum Gasteiger partial charge on any atom is -0.478 e. The third-order valence-corrected chi connectivity index (χ3v) is 2.45. The molecule has 2 aromatic heterocycles. The summed E-state index contributed by atoms with van der Waals surface area (Å²) >= 11 is 0. The average Bonchev–Trinajstić information content (AvgIpc) is 2.86. The molecular formula is C12H10F2N4O2. The molecule has 0 aliphatic rings. The molecule has 1 N–H and O–H groups in total. The zero-order valence-corrected chi connectivity index (χ0v) is 10.2. The van der Waals surface area contributed by atoms with Gasteiger partial charge >= 0.3 is 5.97 Å². The molecule has 0 aromatic carbocycles. The summed E-state index contributed by atoms with van der Waals surface area (Å²) in [4.78, 5) is 18.7. The number of allylic oxidation sites excluding steroid dienone is 1. The SMILES string of the molecule is C=CCC(F)(F)c1nn(-c2ncccn2)cc1C(=O)O. The van der Waals surface area contributed by atoms with Gasteiger partial charge in [0.05, 0.1) is 0 Å². The van der Waals surface area contributed by atoms with Crippen molar-refractivity contribution >= 4 is 5.97 Å². The largest absolute Gasteiger partial charge is 0.478 e. The Morgan fingerprint density at radius 1 is 1.45 bits per heavy atom. The zero-order chi connectivity index (χ0) is 14.8. The molecule has 0 atom stereocenters. The van der Waals surface area contributed by atoms with Crippen LogP contribution in [0.5, 0.6) is 0 Å². The maximum absolute atomic E-state index is 13.9. The first-order valence-corrected chi connectivity index (χ1v) is 5.55. The highest BCUT2D eigenvalue weighted by Gasteiger charge is 2.38. The fourth-order valence-electron chi connectivity index (χ4n) is 1.59. The van der Waals surface area contributed by atoms with Crippen molar-refractivity contribution < 1.29 is 18.7 Å². The summed E-state index contributed by atoms with van der Waals surface area (Å²) in [5.74, 6) is -4.91. The molecule has 0 aliphatic carbocycles. The molecule has 104 valence electrons. The number of nitrogens with zero attached hydrogens (tertiary/aromatic N) is 4. The molecule has 0 saturated heterocycles. The summed E-state index contributed by atoms with van der Waals surface area (Å²) in [6.45, 7) is 3.22. The van der Waals surface area contributed by atoms with Gasteiger partial charge in [-0.05, 0) is 6.07 Å². The van der Waals surface area contributed by atoms with Crippen LogP contribution in [0.15, 0.2) is 37.3 Å². The Morgan fingerprint density at radius 2 is 2.10 bits per heavy atom. The third kappa shape index (κ3) is 2.53. The van der Waals surface area contributed by atoms with Crippen molar-refractivity contribution in [2.75, 3.05) is 0 Å². The minimum atomic E-state index is -3.42. The number of carboxylic acid groups (broad SMARTS) is 1. The molecule has 0 aliphatic heterocycles. The minimum absolute atomic E-state index is 0.00986. The summed E-state index contributed by atoms with van der Waals surface area (Å²) in [7, 11) is 0. The van der Waals surface area contributed by atoms with Gasteiger partial charge in [-0.25, -0.2) is 19.4 Å². The fraction of sp³-hybridized carbons (Fsp3) is 0.167. The quantitative estimate of drug-likeness (QED) is 0.847. The van der Waals surface area contributed by atoms with Crippen molar-refractivity contribution in [3.63, 3.8) is 0 Å². The van der Waals surface area contributed by atoms with Crippen molar-refractivity contribution in [2.45, 2.75) is 12.3 Å². The Hall–Kier alpha value is -2.64. The monoisotopic (exact) mass is 280 g/mol. The predicted octanol–water partition coefficient (Wildman–Crippen LogP) is 2.03. The Labute approximate surface area is 112 Å². The van der Waals surface area contributed by atoms with Gasteiger partial charge < -0.3 is 5.11 Å². The van der Waals surface area contributed by atoms with Crippen LogP contribution in [0.2, 0.25) is 0 Å². The topological polar surface area (TPSA) is 80.9 Å². The summed E-state index contributed by atoms with van der Waals surface area (Å²) in [5.41, 5.74) is -1.43. The molecule has 0 unspecified atom stereocenters. The van der Waals surface area contributed by atoms with Gasteiger partial charge in [-0.2, -0.15) is 13.9 Å². The van der Waals surface area contributed by atoms with E-state index >= 15 is 0 Å². The number of halogens is 2. The Kier molecular flexibility index (Phi) is 3.55. The van der Waals surface area contributed by atoms with Gasteiger partial charge in [-0.15, -0.1) is 6.58 Å². The van der Waals surface area contributed by atoms with Crippen LogP contribution in [0.25, 0.3) is 5.95 Å². The lowest BCUT2D eigenvalue weighted by molar-refractivity contribution is -0.00719. The van der Waals surface area contributed by atoms with Crippen LogP contribution < -0.4 is 0 Å². The second-order valence-corrected chi connectivity index (χ2v) is 3.89. The maximum Gasteiger partial charge on any atom is 0.339 e. The highest BCUT2D eigenvalue weighted by Crippen LogP contribution is 2.33. The van der Waals surface area contributed by atoms with Gasteiger partial charge in [0.25, 0.3) is 5.92 Å². The number of aromatic nitrogens is 4. The zero-order valence-electron chi connectivity index (χ0n) is 10.2. The van der Waals surface area contributed by atoms with Crippen molar-refractivity contribution in [1.82, 2.24) is 19.7 Å². The van der Waals surface area contributed by atoms with Crippen LogP contribution in [0.4, 0.5) is 8.78 Å². The molecule has 2 aromatic rings. The number of rotatable bonds is 5. The van der Waals surface area contributed by atoms with Gasteiger partial charge in [0.15, 0.2) is 0 Å². The summed E-state index contributed by atoms with van der Waals surface area (Å²) < 4.78 is 28.6. The van der Waals surface area contributed by atoms with Crippen LogP contribution in [-0.2, 0) is 5.92 Å². The van der Waals surface area contributed by atoms with Gasteiger partial charge in [0.1, 0.15) is 11.3 Å². The van der Waals surface area contributed by atoms with Crippen LogP contribution in [0.3, 0.4) is 0 Å². The number of carbonyl (C=O) groups is 1. The lowest BCUT2D eigenvalue weighted by atomic mass is 10.1. The molecule has 0 amide bonds. The highest BCUT2D eigenvalue weighted by atomic mass is 19.3. The molecule has 0 fully saturated rings. The number of aromatic carboxylic acids is 1. The molecule has 20 heavy (non-hydrogen) atoms. The predicted molar refractivity (Wildman–Crippen MR) is 64.8 cm³/mol. The van der Waals surface area contributed by atoms with E-state index in [0.717, 1.165) is 17.0 Å². The van der Waals surface area contributed by atoms with Gasteiger partial charge in [0, 0.05) is 25.0 Å². The van der Waals surface area contributed by atoms with Crippen LogP contribution >= 0.6 is 0 Å². The van der Waals surface area contributed by atoms with E-state index in [1.54, 1.807) is 6.07 Å². The Bertz CT molecular complexity index is 640. The van der Waals surface area contributed by atoms with E-state index in [4.69, 9.17) is 5.11 Å². The summed E-state index contributed by atoms with van der Waals surface area (Å²) in [5, 5.41) is 12.6. The van der Waals surface area contributed by atoms with E-state index < -0.39 is 29.6 Å². The third-order valence-electron chi connectivity index (χ3n) is 2.45. The molecule has 0 spiro atoms. The van der Waals surface area contributed by atoms with E-state index in [-0.39, 0.29) is 5.95 Å². The Balaban J connectivity index is 2.55. The molecule has 0 bridgehead atoms. The number of carboxylic acids is 1. The van der Waals surface area contributed by atoms with E-state index in [1.807, 2.05) is 0 Å². The van der Waals surface area contributed by atoms with Crippen molar-refractivity contribution in [2.24, 2.45) is 0 Å². The molecule has 6 nitrogen and oxygen atoms in total. The first kappa shape index (κ1) is 13.8. The van der Waals surface area contributed by atoms with E-state index in [9.17, 15) is 13.6 Å². The van der Waals surface area contributed by atoms with Crippen LogP contribution in [0.1, 0.15) is 22.5 Å². The highest BCUT2D eigenvalue weighted by molar-refractivity contribution is 5.89. The standard InChI is InChI=1S/C12H10F2N4O2/c1-2-4-12(13,14)9-8(10(19)20)7-18(17-9)11-15-5-3-6-16-11/h2-3,5-7H,1,4H2,(H,19,20). The second-order valence-electron chi connectivity index (χ2n) is 3.89. The second kappa shape index (κ2) is 5.16. The molecule has 2 rings (SSSR count). The van der Waals surface area contributed by atoms with E-state index in [1.165, 1.54) is 12.4 Å². The first-order chi connectivity index (χ1) is 9.45. The van der Waals surface area contributed by atoms with Crippen LogP contribution in [-0.4, -0.2) is 30.8 Å². The first-order valence-electron chi connectivity index (χ1n) is 5.55.